The fourth-order valence-corrected chi connectivity index (χ4v) is 2.42. The highest BCUT2D eigenvalue weighted by atomic mass is 16.2. The lowest BCUT2D eigenvalue weighted by Crippen LogP contribution is -2.48. The molecule has 2 amide bonds. The summed E-state index contributed by atoms with van der Waals surface area (Å²) in [5.41, 5.74) is 1.15. The number of nitrogens with one attached hydrogen (secondary N) is 1. The van der Waals surface area contributed by atoms with E-state index < -0.39 is 0 Å². The van der Waals surface area contributed by atoms with Crippen LogP contribution in [0.2, 0.25) is 0 Å². The molecule has 1 aliphatic rings. The third-order valence-electron chi connectivity index (χ3n) is 3.75. The van der Waals surface area contributed by atoms with Crippen molar-refractivity contribution in [1.29, 1.82) is 0 Å². The van der Waals surface area contributed by atoms with Gasteiger partial charge in [-0.1, -0.05) is 13.8 Å². The van der Waals surface area contributed by atoms with E-state index in [1.807, 2.05) is 30.6 Å². The van der Waals surface area contributed by atoms with E-state index in [4.69, 9.17) is 0 Å². The molecule has 1 aromatic heterocycles. The van der Waals surface area contributed by atoms with E-state index in [1.54, 1.807) is 13.0 Å². The van der Waals surface area contributed by atoms with Crippen molar-refractivity contribution in [1.82, 2.24) is 20.2 Å². The smallest absolute Gasteiger partial charge is 0.270 e. The van der Waals surface area contributed by atoms with Crippen LogP contribution >= 0.6 is 0 Å². The van der Waals surface area contributed by atoms with Crippen LogP contribution in [0.25, 0.3) is 0 Å². The van der Waals surface area contributed by atoms with Gasteiger partial charge >= 0.3 is 0 Å². The molecular formula is C16H25N5O2. The van der Waals surface area contributed by atoms with E-state index >= 15 is 0 Å². The van der Waals surface area contributed by atoms with E-state index in [2.05, 4.69) is 15.3 Å². The Morgan fingerprint density at radius 1 is 1.22 bits per heavy atom. The zero-order valence-corrected chi connectivity index (χ0v) is 14.3. The Hall–Kier alpha value is -2.18. The van der Waals surface area contributed by atoms with E-state index in [9.17, 15) is 9.59 Å². The third kappa shape index (κ3) is 4.64. The van der Waals surface area contributed by atoms with E-state index in [0.29, 0.717) is 50.3 Å². The summed E-state index contributed by atoms with van der Waals surface area (Å²) in [6, 6.07) is 1.70. The Bertz CT molecular complexity index is 580. The number of rotatable bonds is 4. The van der Waals surface area contributed by atoms with Crippen LogP contribution in [0, 0.1) is 12.8 Å². The summed E-state index contributed by atoms with van der Waals surface area (Å²) >= 11 is 0. The van der Waals surface area contributed by atoms with Crippen LogP contribution in [-0.4, -0.2) is 59.4 Å². The summed E-state index contributed by atoms with van der Waals surface area (Å²) in [7, 11) is 0. The van der Waals surface area contributed by atoms with E-state index in [0.717, 1.165) is 5.69 Å². The van der Waals surface area contributed by atoms with Crippen LogP contribution < -0.4 is 10.2 Å². The Morgan fingerprint density at radius 3 is 2.43 bits per heavy atom. The molecule has 0 radical (unpaired) electrons. The normalized spacial score (nSPS) is 15.0. The number of carbonyl (C=O) groups excluding carboxylic acids is 2. The van der Waals surface area contributed by atoms with Gasteiger partial charge in [-0.05, 0) is 18.9 Å². The highest BCUT2D eigenvalue weighted by Crippen LogP contribution is 2.13. The molecule has 0 unspecified atom stereocenters. The monoisotopic (exact) mass is 319 g/mol. The molecule has 0 saturated carbocycles. The van der Waals surface area contributed by atoms with Crippen LogP contribution in [0.5, 0.6) is 0 Å². The first-order chi connectivity index (χ1) is 10.9. The summed E-state index contributed by atoms with van der Waals surface area (Å²) < 4.78 is 0. The van der Waals surface area contributed by atoms with Gasteiger partial charge in [0.05, 0.1) is 0 Å². The summed E-state index contributed by atoms with van der Waals surface area (Å²) in [6.07, 6.45) is 0. The molecule has 1 aliphatic heterocycles. The van der Waals surface area contributed by atoms with Crippen LogP contribution in [0.4, 0.5) is 5.95 Å². The Balaban J connectivity index is 2.08. The van der Waals surface area contributed by atoms with E-state index in [1.165, 1.54) is 0 Å². The van der Waals surface area contributed by atoms with Gasteiger partial charge in [-0.2, -0.15) is 0 Å². The lowest BCUT2D eigenvalue weighted by Gasteiger charge is -2.34. The fraction of sp³-hybridized carbons (Fsp3) is 0.625. The van der Waals surface area contributed by atoms with Crippen molar-refractivity contribution in [2.75, 3.05) is 37.6 Å². The van der Waals surface area contributed by atoms with Gasteiger partial charge in [0.2, 0.25) is 11.9 Å². The number of amides is 2. The average Bonchev–Trinajstić information content (AvgIpc) is 2.52. The van der Waals surface area contributed by atoms with Gasteiger partial charge < -0.3 is 15.1 Å². The number of nitrogens with zero attached hydrogens (tertiary/aromatic N) is 4. The van der Waals surface area contributed by atoms with Gasteiger partial charge in [0.1, 0.15) is 5.69 Å². The molecule has 1 aromatic rings. The first-order valence-corrected chi connectivity index (χ1v) is 8.01. The molecule has 0 atom stereocenters. The zero-order valence-electron chi connectivity index (χ0n) is 14.3. The van der Waals surface area contributed by atoms with Crippen molar-refractivity contribution in [3.63, 3.8) is 0 Å². The van der Waals surface area contributed by atoms with Gasteiger partial charge in [0.25, 0.3) is 5.91 Å². The minimum Gasteiger partial charge on any atom is -0.350 e. The van der Waals surface area contributed by atoms with Gasteiger partial charge in [-0.15, -0.1) is 0 Å². The van der Waals surface area contributed by atoms with Crippen molar-refractivity contribution in [2.24, 2.45) is 5.92 Å². The molecule has 7 heteroatoms. The first-order valence-electron chi connectivity index (χ1n) is 8.01. The lowest BCUT2D eigenvalue weighted by atomic mass is 10.2. The van der Waals surface area contributed by atoms with Crippen molar-refractivity contribution in [3.8, 4) is 0 Å². The second-order valence-corrected chi connectivity index (χ2v) is 6.29. The van der Waals surface area contributed by atoms with Gasteiger partial charge in [-0.25, -0.2) is 9.97 Å². The molecule has 0 spiro atoms. The number of hydrogen-bond donors (Lipinski definition) is 1. The molecule has 1 saturated heterocycles. The standard InChI is InChI=1S/C16H25N5O2/c1-11(2)10-17-15(23)14-9-12(3)18-16(19-14)21-7-5-20(6-8-21)13(4)22/h9,11H,5-8,10H2,1-4H3,(H,17,23). The predicted octanol–water partition coefficient (Wildman–Crippen LogP) is 0.839. The van der Waals surface area contributed by atoms with Crippen LogP contribution in [-0.2, 0) is 4.79 Å². The Morgan fingerprint density at radius 2 is 1.87 bits per heavy atom. The van der Waals surface area contributed by atoms with Crippen molar-refractivity contribution >= 4 is 17.8 Å². The Kier molecular flexibility index (Phi) is 5.52. The molecule has 2 rings (SSSR count). The van der Waals surface area contributed by atoms with Crippen LogP contribution in [0.3, 0.4) is 0 Å². The molecule has 126 valence electrons. The average molecular weight is 319 g/mol. The van der Waals surface area contributed by atoms with E-state index in [-0.39, 0.29) is 11.8 Å². The second kappa shape index (κ2) is 7.39. The molecule has 0 aromatic carbocycles. The quantitative estimate of drug-likeness (QED) is 0.890. The maximum absolute atomic E-state index is 12.2. The highest BCUT2D eigenvalue weighted by Gasteiger charge is 2.21. The van der Waals surface area contributed by atoms with Gasteiger partial charge in [0.15, 0.2) is 0 Å². The molecule has 1 fully saturated rings. The maximum atomic E-state index is 12.2. The van der Waals surface area contributed by atoms with Gasteiger partial charge in [-0.3, -0.25) is 9.59 Å². The molecule has 1 N–H and O–H groups in total. The summed E-state index contributed by atoms with van der Waals surface area (Å²) in [5, 5.41) is 2.88. The molecule has 0 aliphatic carbocycles. The second-order valence-electron chi connectivity index (χ2n) is 6.29. The summed E-state index contributed by atoms with van der Waals surface area (Å²) in [5.74, 6) is 0.861. The van der Waals surface area contributed by atoms with Crippen molar-refractivity contribution < 1.29 is 9.59 Å². The number of aryl methyl sites for hydroxylation is 1. The SMILES string of the molecule is CC(=O)N1CCN(c2nc(C)cc(C(=O)NCC(C)C)n2)CC1. The number of aromatic nitrogens is 2. The van der Waals surface area contributed by atoms with Crippen LogP contribution in [0.15, 0.2) is 6.07 Å². The number of piperazine rings is 1. The highest BCUT2D eigenvalue weighted by molar-refractivity contribution is 5.92. The lowest BCUT2D eigenvalue weighted by molar-refractivity contribution is -0.129. The molecule has 0 bridgehead atoms. The molecule has 7 nitrogen and oxygen atoms in total. The summed E-state index contributed by atoms with van der Waals surface area (Å²) in [4.78, 5) is 36.3. The topological polar surface area (TPSA) is 78.4 Å². The Labute approximate surface area is 137 Å². The fourth-order valence-electron chi connectivity index (χ4n) is 2.42. The number of hydrogen-bond acceptors (Lipinski definition) is 5. The zero-order chi connectivity index (χ0) is 17.0. The summed E-state index contributed by atoms with van der Waals surface area (Å²) in [6.45, 7) is 10.8. The molecule has 23 heavy (non-hydrogen) atoms. The minimum atomic E-state index is -0.173. The van der Waals surface area contributed by atoms with Crippen LogP contribution in [0.1, 0.15) is 37.0 Å². The molecular weight excluding hydrogens is 294 g/mol. The number of carbonyl (C=O) groups is 2. The first kappa shape index (κ1) is 17.2. The predicted molar refractivity (Wildman–Crippen MR) is 88.4 cm³/mol. The minimum absolute atomic E-state index is 0.0866. The number of anilines is 1. The maximum Gasteiger partial charge on any atom is 0.270 e. The third-order valence-corrected chi connectivity index (χ3v) is 3.75. The largest absolute Gasteiger partial charge is 0.350 e. The van der Waals surface area contributed by atoms with Gasteiger partial charge in [0, 0.05) is 45.3 Å². The van der Waals surface area contributed by atoms with Crippen molar-refractivity contribution in [2.45, 2.75) is 27.7 Å². The van der Waals surface area contributed by atoms with Crippen molar-refractivity contribution in [3.05, 3.63) is 17.5 Å². The molecule has 2 heterocycles.